The van der Waals surface area contributed by atoms with Crippen molar-refractivity contribution in [2.75, 3.05) is 13.1 Å². The maximum Gasteiger partial charge on any atom is 0.317 e. The molecule has 1 aliphatic heterocycles. The molecule has 2 fully saturated rings. The first-order chi connectivity index (χ1) is 8.68. The number of hydrogen-bond donors (Lipinski definition) is 2. The molecule has 1 heterocycles. The van der Waals surface area contributed by atoms with Crippen molar-refractivity contribution in [3.8, 4) is 0 Å². The van der Waals surface area contributed by atoms with Crippen LogP contribution in [0, 0.1) is 5.92 Å². The van der Waals surface area contributed by atoms with E-state index >= 15 is 0 Å². The number of amides is 2. The highest BCUT2D eigenvalue weighted by Gasteiger charge is 2.37. The summed E-state index contributed by atoms with van der Waals surface area (Å²) in [5.74, 6) is -0.110. The SMILES string of the molecule is O=C(O)CCCNC(=O)N1CCCC2CCCC21. The van der Waals surface area contributed by atoms with Crippen molar-refractivity contribution in [1.29, 1.82) is 0 Å². The van der Waals surface area contributed by atoms with E-state index in [-0.39, 0.29) is 12.5 Å². The second-order valence-electron chi connectivity index (χ2n) is 5.32. The number of likely N-dealkylation sites (tertiary alicyclic amines) is 1. The molecule has 0 bridgehead atoms. The van der Waals surface area contributed by atoms with Crippen LogP contribution in [0.15, 0.2) is 0 Å². The molecule has 2 amide bonds. The third kappa shape index (κ3) is 3.15. The molecule has 0 radical (unpaired) electrons. The van der Waals surface area contributed by atoms with Gasteiger partial charge < -0.3 is 15.3 Å². The van der Waals surface area contributed by atoms with Gasteiger partial charge in [0.1, 0.15) is 0 Å². The molecule has 5 heteroatoms. The zero-order valence-electron chi connectivity index (χ0n) is 10.7. The summed E-state index contributed by atoms with van der Waals surface area (Å²) in [7, 11) is 0. The van der Waals surface area contributed by atoms with Gasteiger partial charge in [-0.3, -0.25) is 4.79 Å². The van der Waals surface area contributed by atoms with Crippen molar-refractivity contribution in [3.05, 3.63) is 0 Å². The van der Waals surface area contributed by atoms with Crippen LogP contribution in [-0.2, 0) is 4.79 Å². The summed E-state index contributed by atoms with van der Waals surface area (Å²) in [4.78, 5) is 24.4. The largest absolute Gasteiger partial charge is 0.481 e. The summed E-state index contributed by atoms with van der Waals surface area (Å²) in [6, 6.07) is 0.426. The van der Waals surface area contributed by atoms with Crippen LogP contribution in [0.2, 0.25) is 0 Å². The molecule has 1 saturated heterocycles. The molecule has 2 aliphatic rings. The molecule has 18 heavy (non-hydrogen) atoms. The molecule has 5 nitrogen and oxygen atoms in total. The number of carboxylic acid groups (broad SMARTS) is 1. The zero-order chi connectivity index (χ0) is 13.0. The van der Waals surface area contributed by atoms with Gasteiger partial charge in [-0.05, 0) is 38.0 Å². The lowest BCUT2D eigenvalue weighted by molar-refractivity contribution is -0.137. The summed E-state index contributed by atoms with van der Waals surface area (Å²) in [6.45, 7) is 1.31. The normalized spacial score (nSPS) is 26.8. The minimum absolute atomic E-state index is 0.00279. The van der Waals surface area contributed by atoms with E-state index in [2.05, 4.69) is 5.32 Å². The first kappa shape index (κ1) is 13.2. The van der Waals surface area contributed by atoms with Gasteiger partial charge in [0.15, 0.2) is 0 Å². The maximum absolute atomic E-state index is 12.1. The Labute approximate surface area is 108 Å². The molecule has 2 rings (SSSR count). The number of rotatable bonds is 4. The van der Waals surface area contributed by atoms with E-state index < -0.39 is 5.97 Å². The van der Waals surface area contributed by atoms with E-state index in [1.807, 2.05) is 4.90 Å². The Morgan fingerprint density at radius 1 is 1.22 bits per heavy atom. The lowest BCUT2D eigenvalue weighted by Gasteiger charge is -2.37. The van der Waals surface area contributed by atoms with Crippen molar-refractivity contribution < 1.29 is 14.7 Å². The molecule has 0 aromatic rings. The Hall–Kier alpha value is -1.26. The number of hydrogen-bond acceptors (Lipinski definition) is 2. The standard InChI is InChI=1S/C13H22N2O3/c16-12(17)7-2-8-14-13(18)15-9-3-5-10-4-1-6-11(10)15/h10-11H,1-9H2,(H,14,18)(H,16,17). The fourth-order valence-electron chi connectivity index (χ4n) is 3.24. The molecular weight excluding hydrogens is 232 g/mol. The van der Waals surface area contributed by atoms with Gasteiger partial charge in [0.2, 0.25) is 0 Å². The Morgan fingerprint density at radius 3 is 2.78 bits per heavy atom. The lowest BCUT2D eigenvalue weighted by Crippen LogP contribution is -2.50. The van der Waals surface area contributed by atoms with E-state index in [4.69, 9.17) is 5.11 Å². The van der Waals surface area contributed by atoms with E-state index in [0.717, 1.165) is 19.4 Å². The monoisotopic (exact) mass is 254 g/mol. The minimum Gasteiger partial charge on any atom is -0.481 e. The molecule has 2 unspecified atom stereocenters. The fraction of sp³-hybridized carbons (Fsp3) is 0.846. The highest BCUT2D eigenvalue weighted by molar-refractivity contribution is 5.74. The number of piperidine rings is 1. The third-order valence-corrected chi connectivity index (χ3v) is 4.10. The van der Waals surface area contributed by atoms with E-state index in [9.17, 15) is 9.59 Å². The first-order valence-electron chi connectivity index (χ1n) is 6.95. The number of aliphatic carboxylic acids is 1. The molecule has 0 spiro atoms. The van der Waals surface area contributed by atoms with Gasteiger partial charge in [0, 0.05) is 25.6 Å². The average molecular weight is 254 g/mol. The number of urea groups is 1. The fourth-order valence-corrected chi connectivity index (χ4v) is 3.24. The number of nitrogens with zero attached hydrogens (tertiary/aromatic N) is 1. The highest BCUT2D eigenvalue weighted by Crippen LogP contribution is 2.36. The van der Waals surface area contributed by atoms with Crippen molar-refractivity contribution in [2.45, 2.75) is 51.0 Å². The Kier molecular flexibility index (Phi) is 4.44. The van der Waals surface area contributed by atoms with Crippen molar-refractivity contribution >= 4 is 12.0 Å². The Balaban J connectivity index is 1.75. The van der Waals surface area contributed by atoms with Crippen LogP contribution in [0.1, 0.15) is 44.9 Å². The van der Waals surface area contributed by atoms with Crippen LogP contribution >= 0.6 is 0 Å². The van der Waals surface area contributed by atoms with Crippen LogP contribution in [0.5, 0.6) is 0 Å². The predicted molar refractivity (Wildman–Crippen MR) is 67.3 cm³/mol. The third-order valence-electron chi connectivity index (χ3n) is 4.10. The number of carbonyl (C=O) groups is 2. The average Bonchev–Trinajstić information content (AvgIpc) is 2.82. The summed E-state index contributed by atoms with van der Waals surface area (Å²) < 4.78 is 0. The molecule has 2 atom stereocenters. The van der Waals surface area contributed by atoms with Crippen LogP contribution < -0.4 is 5.32 Å². The molecule has 2 N–H and O–H groups in total. The summed E-state index contributed by atoms with van der Waals surface area (Å²) >= 11 is 0. The lowest BCUT2D eigenvalue weighted by atomic mass is 9.92. The van der Waals surface area contributed by atoms with Crippen LogP contribution in [-0.4, -0.2) is 41.1 Å². The van der Waals surface area contributed by atoms with E-state index in [1.54, 1.807) is 0 Å². The van der Waals surface area contributed by atoms with Gasteiger partial charge in [-0.25, -0.2) is 4.79 Å². The molecule has 0 aromatic carbocycles. The molecule has 1 saturated carbocycles. The number of fused-ring (bicyclic) bond motifs is 1. The maximum atomic E-state index is 12.1. The van der Waals surface area contributed by atoms with E-state index in [1.165, 1.54) is 19.3 Å². The van der Waals surface area contributed by atoms with Gasteiger partial charge in [-0.2, -0.15) is 0 Å². The molecule has 102 valence electrons. The molecule has 0 aromatic heterocycles. The van der Waals surface area contributed by atoms with Crippen LogP contribution in [0.4, 0.5) is 4.79 Å². The van der Waals surface area contributed by atoms with Crippen molar-refractivity contribution in [2.24, 2.45) is 5.92 Å². The van der Waals surface area contributed by atoms with Gasteiger partial charge in [-0.1, -0.05) is 6.42 Å². The van der Waals surface area contributed by atoms with Gasteiger partial charge in [0.25, 0.3) is 0 Å². The summed E-state index contributed by atoms with van der Waals surface area (Å²) in [5, 5.41) is 11.4. The predicted octanol–water partition coefficient (Wildman–Crippen LogP) is 1.83. The molecule has 1 aliphatic carbocycles. The second kappa shape index (κ2) is 6.07. The Morgan fingerprint density at radius 2 is 2.00 bits per heavy atom. The smallest absolute Gasteiger partial charge is 0.317 e. The van der Waals surface area contributed by atoms with Gasteiger partial charge in [0.05, 0.1) is 0 Å². The van der Waals surface area contributed by atoms with Gasteiger partial charge in [-0.15, -0.1) is 0 Å². The van der Waals surface area contributed by atoms with Gasteiger partial charge >= 0.3 is 12.0 Å². The number of carbonyl (C=O) groups excluding carboxylic acids is 1. The second-order valence-corrected chi connectivity index (χ2v) is 5.32. The molecular formula is C13H22N2O3. The van der Waals surface area contributed by atoms with Crippen molar-refractivity contribution in [1.82, 2.24) is 10.2 Å². The zero-order valence-corrected chi connectivity index (χ0v) is 10.7. The minimum atomic E-state index is -0.807. The topological polar surface area (TPSA) is 69.6 Å². The van der Waals surface area contributed by atoms with Crippen LogP contribution in [0.25, 0.3) is 0 Å². The summed E-state index contributed by atoms with van der Waals surface area (Å²) in [5.41, 5.74) is 0. The van der Waals surface area contributed by atoms with Crippen LogP contribution in [0.3, 0.4) is 0 Å². The highest BCUT2D eigenvalue weighted by atomic mass is 16.4. The quantitative estimate of drug-likeness (QED) is 0.752. The van der Waals surface area contributed by atoms with Crippen molar-refractivity contribution in [3.63, 3.8) is 0 Å². The summed E-state index contributed by atoms with van der Waals surface area (Å²) in [6.07, 6.45) is 6.60. The Bertz CT molecular complexity index is 319. The number of nitrogens with one attached hydrogen (secondary N) is 1. The van der Waals surface area contributed by atoms with E-state index in [0.29, 0.717) is 24.9 Å². The number of carboxylic acids is 1. The first-order valence-corrected chi connectivity index (χ1v) is 6.95.